The maximum Gasteiger partial charge on any atom is 0.354 e. The third kappa shape index (κ3) is 2.14. The second kappa shape index (κ2) is 4.64. The van der Waals surface area contributed by atoms with Crippen LogP contribution in [0.4, 0.5) is 0 Å². The van der Waals surface area contributed by atoms with Crippen molar-refractivity contribution in [2.24, 2.45) is 0 Å². The molecule has 94 valence electrons. The predicted molar refractivity (Wildman–Crippen MR) is 68.9 cm³/mol. The molecule has 2 aromatic rings. The Kier molecular flexibility index (Phi) is 3.19. The molecule has 0 saturated heterocycles. The summed E-state index contributed by atoms with van der Waals surface area (Å²) < 4.78 is 1.75. The summed E-state index contributed by atoms with van der Waals surface area (Å²) in [6.07, 6.45) is 0. The zero-order valence-corrected chi connectivity index (χ0v) is 10.8. The molecule has 0 bridgehead atoms. The van der Waals surface area contributed by atoms with E-state index in [0.29, 0.717) is 12.2 Å². The molecule has 0 unspecified atom stereocenters. The first kappa shape index (κ1) is 12.4. The Morgan fingerprint density at radius 3 is 2.56 bits per heavy atom. The summed E-state index contributed by atoms with van der Waals surface area (Å²) in [5.41, 5.74) is 3.10. The van der Waals surface area contributed by atoms with E-state index in [1.807, 2.05) is 38.1 Å². The van der Waals surface area contributed by atoms with Crippen molar-refractivity contribution in [2.45, 2.75) is 27.3 Å². The SMILES string of the molecule is Cc1ccccc1Cn1c(C)nc(C)c1C(=O)O. The summed E-state index contributed by atoms with van der Waals surface area (Å²) in [4.78, 5) is 15.5. The molecule has 0 aliphatic heterocycles. The van der Waals surface area contributed by atoms with Gasteiger partial charge in [-0.2, -0.15) is 0 Å². The topological polar surface area (TPSA) is 55.1 Å². The van der Waals surface area contributed by atoms with Gasteiger partial charge in [0.05, 0.1) is 5.69 Å². The third-order valence-electron chi connectivity index (χ3n) is 3.13. The van der Waals surface area contributed by atoms with Crippen molar-refractivity contribution in [2.75, 3.05) is 0 Å². The number of carbonyl (C=O) groups is 1. The van der Waals surface area contributed by atoms with Crippen LogP contribution in [0.5, 0.6) is 0 Å². The van der Waals surface area contributed by atoms with Crippen molar-refractivity contribution in [1.29, 1.82) is 0 Å². The molecule has 0 saturated carbocycles. The maximum atomic E-state index is 11.3. The fourth-order valence-electron chi connectivity index (χ4n) is 2.13. The molecule has 4 nitrogen and oxygen atoms in total. The largest absolute Gasteiger partial charge is 0.477 e. The van der Waals surface area contributed by atoms with Crippen LogP contribution in [0.2, 0.25) is 0 Å². The molecular weight excluding hydrogens is 228 g/mol. The molecule has 0 spiro atoms. The number of benzene rings is 1. The van der Waals surface area contributed by atoms with E-state index in [1.165, 1.54) is 0 Å². The van der Waals surface area contributed by atoms with Gasteiger partial charge in [-0.3, -0.25) is 0 Å². The first-order chi connectivity index (χ1) is 8.50. The van der Waals surface area contributed by atoms with Gasteiger partial charge in [0.25, 0.3) is 0 Å². The number of nitrogens with zero attached hydrogens (tertiary/aromatic N) is 2. The fourth-order valence-corrected chi connectivity index (χ4v) is 2.13. The van der Waals surface area contributed by atoms with Gasteiger partial charge in [-0.25, -0.2) is 9.78 Å². The summed E-state index contributed by atoms with van der Waals surface area (Å²) in [5, 5.41) is 9.25. The van der Waals surface area contributed by atoms with E-state index < -0.39 is 5.97 Å². The van der Waals surface area contributed by atoms with Crippen LogP contribution >= 0.6 is 0 Å². The van der Waals surface area contributed by atoms with E-state index in [2.05, 4.69) is 4.98 Å². The Balaban J connectivity index is 2.47. The average molecular weight is 244 g/mol. The lowest BCUT2D eigenvalue weighted by atomic mass is 10.1. The van der Waals surface area contributed by atoms with Crippen molar-refractivity contribution < 1.29 is 9.90 Å². The number of aromatic nitrogens is 2. The van der Waals surface area contributed by atoms with Crippen LogP contribution in [0, 0.1) is 20.8 Å². The normalized spacial score (nSPS) is 10.6. The Hall–Kier alpha value is -2.10. The summed E-state index contributed by atoms with van der Waals surface area (Å²) in [6.45, 7) is 6.12. The van der Waals surface area contributed by atoms with Gasteiger partial charge < -0.3 is 9.67 Å². The highest BCUT2D eigenvalue weighted by molar-refractivity contribution is 5.87. The van der Waals surface area contributed by atoms with Crippen LogP contribution in [0.25, 0.3) is 0 Å². The third-order valence-corrected chi connectivity index (χ3v) is 3.13. The zero-order valence-electron chi connectivity index (χ0n) is 10.8. The van der Waals surface area contributed by atoms with Gasteiger partial charge in [0.15, 0.2) is 5.69 Å². The summed E-state index contributed by atoms with van der Waals surface area (Å²) in [5.74, 6) is -0.199. The van der Waals surface area contributed by atoms with Crippen molar-refractivity contribution in [3.8, 4) is 0 Å². The molecule has 2 rings (SSSR count). The molecular formula is C14H16N2O2. The van der Waals surface area contributed by atoms with Crippen molar-refractivity contribution in [3.63, 3.8) is 0 Å². The van der Waals surface area contributed by atoms with Crippen LogP contribution in [-0.4, -0.2) is 20.6 Å². The van der Waals surface area contributed by atoms with Crippen molar-refractivity contribution >= 4 is 5.97 Å². The summed E-state index contributed by atoms with van der Waals surface area (Å²) >= 11 is 0. The number of hydrogen-bond acceptors (Lipinski definition) is 2. The maximum absolute atomic E-state index is 11.3. The summed E-state index contributed by atoms with van der Waals surface area (Å²) in [6, 6.07) is 7.97. The Bertz CT molecular complexity index is 600. The molecule has 1 N–H and O–H groups in total. The lowest BCUT2D eigenvalue weighted by Crippen LogP contribution is -2.12. The molecule has 0 fully saturated rings. The van der Waals surface area contributed by atoms with Gasteiger partial charge in [0.2, 0.25) is 0 Å². The molecule has 1 heterocycles. The molecule has 1 aromatic heterocycles. The van der Waals surface area contributed by atoms with E-state index in [1.54, 1.807) is 11.5 Å². The van der Waals surface area contributed by atoms with Crippen LogP contribution in [0.15, 0.2) is 24.3 Å². The number of aryl methyl sites for hydroxylation is 3. The Morgan fingerprint density at radius 1 is 1.28 bits per heavy atom. The highest BCUT2D eigenvalue weighted by Crippen LogP contribution is 2.16. The second-order valence-corrected chi connectivity index (χ2v) is 4.41. The molecule has 0 aliphatic carbocycles. The Labute approximate surface area is 106 Å². The van der Waals surface area contributed by atoms with Crippen LogP contribution in [0.1, 0.15) is 33.1 Å². The number of hydrogen-bond donors (Lipinski definition) is 1. The van der Waals surface area contributed by atoms with E-state index >= 15 is 0 Å². The van der Waals surface area contributed by atoms with Gasteiger partial charge in [-0.1, -0.05) is 24.3 Å². The molecule has 1 aromatic carbocycles. The number of imidazole rings is 1. The van der Waals surface area contributed by atoms with E-state index in [-0.39, 0.29) is 5.69 Å². The first-order valence-corrected chi connectivity index (χ1v) is 5.82. The number of aromatic carboxylic acids is 1. The lowest BCUT2D eigenvalue weighted by Gasteiger charge is -2.10. The number of rotatable bonds is 3. The predicted octanol–water partition coefficient (Wildman–Crippen LogP) is 2.55. The van der Waals surface area contributed by atoms with E-state index in [0.717, 1.165) is 17.0 Å². The monoisotopic (exact) mass is 244 g/mol. The molecule has 0 amide bonds. The molecule has 4 heteroatoms. The first-order valence-electron chi connectivity index (χ1n) is 5.82. The zero-order chi connectivity index (χ0) is 13.3. The quantitative estimate of drug-likeness (QED) is 0.902. The van der Waals surface area contributed by atoms with Gasteiger partial charge in [0, 0.05) is 6.54 Å². The van der Waals surface area contributed by atoms with Gasteiger partial charge >= 0.3 is 5.97 Å². The van der Waals surface area contributed by atoms with E-state index in [4.69, 9.17) is 0 Å². The molecule has 18 heavy (non-hydrogen) atoms. The van der Waals surface area contributed by atoms with Crippen LogP contribution in [0.3, 0.4) is 0 Å². The molecule has 0 aliphatic rings. The Morgan fingerprint density at radius 2 is 1.94 bits per heavy atom. The lowest BCUT2D eigenvalue weighted by molar-refractivity contribution is 0.0684. The highest BCUT2D eigenvalue weighted by atomic mass is 16.4. The summed E-state index contributed by atoms with van der Waals surface area (Å²) in [7, 11) is 0. The minimum absolute atomic E-state index is 0.274. The molecule has 0 atom stereocenters. The van der Waals surface area contributed by atoms with Crippen LogP contribution in [-0.2, 0) is 6.54 Å². The fraction of sp³-hybridized carbons (Fsp3) is 0.286. The minimum Gasteiger partial charge on any atom is -0.477 e. The van der Waals surface area contributed by atoms with Gasteiger partial charge in [-0.15, -0.1) is 0 Å². The molecule has 0 radical (unpaired) electrons. The number of carboxylic acids is 1. The minimum atomic E-state index is -0.929. The standard InChI is InChI=1S/C14H16N2O2/c1-9-6-4-5-7-12(9)8-16-11(3)15-10(2)13(16)14(17)18/h4-7H,8H2,1-3H3,(H,17,18). The van der Waals surface area contributed by atoms with Crippen LogP contribution < -0.4 is 0 Å². The number of carboxylic acid groups (broad SMARTS) is 1. The van der Waals surface area contributed by atoms with Crippen molar-refractivity contribution in [3.05, 3.63) is 52.6 Å². The van der Waals surface area contributed by atoms with Crippen molar-refractivity contribution in [1.82, 2.24) is 9.55 Å². The smallest absolute Gasteiger partial charge is 0.354 e. The van der Waals surface area contributed by atoms with E-state index in [9.17, 15) is 9.90 Å². The van der Waals surface area contributed by atoms with Gasteiger partial charge in [0.1, 0.15) is 5.82 Å². The average Bonchev–Trinajstić information content (AvgIpc) is 2.57. The highest BCUT2D eigenvalue weighted by Gasteiger charge is 2.18. The second-order valence-electron chi connectivity index (χ2n) is 4.41. The van der Waals surface area contributed by atoms with Gasteiger partial charge in [-0.05, 0) is 31.9 Å².